The summed E-state index contributed by atoms with van der Waals surface area (Å²) < 4.78 is 38.2. The smallest absolute Gasteiger partial charge is 0.161 e. The number of rotatable bonds is 1. The molecule has 0 bridgehead atoms. The minimum atomic E-state index is -1.16. The molecule has 0 unspecified atom stereocenters. The minimum Gasteiger partial charge on any atom is -0.326 e. The van der Waals surface area contributed by atoms with Crippen LogP contribution < -0.4 is 5.73 Å². The molecule has 26 heavy (non-hydrogen) atoms. The number of nitrogens with zero attached hydrogens (tertiary/aromatic N) is 3. The van der Waals surface area contributed by atoms with Crippen LogP contribution in [0, 0.1) is 17.5 Å². The summed E-state index contributed by atoms with van der Waals surface area (Å²) in [7, 11) is 0. The Morgan fingerprint density at radius 2 is 1.85 bits per heavy atom. The van der Waals surface area contributed by atoms with Crippen molar-refractivity contribution in [2.45, 2.75) is 44.2 Å². The summed E-state index contributed by atoms with van der Waals surface area (Å²) in [6, 6.07) is 4.59. The van der Waals surface area contributed by atoms with Crippen LogP contribution in [-0.4, -0.2) is 20.6 Å². The maximum atomic E-state index is 12.0. The molecule has 3 aromatic rings. The summed E-state index contributed by atoms with van der Waals surface area (Å²) in [5.41, 5.74) is 9.54. The quantitative estimate of drug-likeness (QED) is 0.674. The van der Waals surface area contributed by atoms with Gasteiger partial charge in [0.25, 0.3) is 0 Å². The number of aromatic nitrogens is 3. The molecule has 0 radical (unpaired) electrons. The summed E-state index contributed by atoms with van der Waals surface area (Å²) in [6.07, 6.45) is 6.55. The largest absolute Gasteiger partial charge is 0.326 e. The van der Waals surface area contributed by atoms with E-state index < -0.39 is 17.5 Å². The van der Waals surface area contributed by atoms with E-state index in [9.17, 15) is 13.2 Å². The van der Waals surface area contributed by atoms with Gasteiger partial charge in [0.05, 0.1) is 11.7 Å². The molecular formula is C19H19F3N4. The minimum absolute atomic E-state index is 0.275. The third-order valence-electron chi connectivity index (χ3n) is 4.77. The first kappa shape index (κ1) is 17.0. The van der Waals surface area contributed by atoms with E-state index in [1.165, 1.54) is 29.9 Å². The monoisotopic (exact) mass is 360 g/mol. The Morgan fingerprint density at radius 3 is 2.54 bits per heavy atom. The number of imidazole rings is 1. The van der Waals surface area contributed by atoms with Gasteiger partial charge in [0, 0.05) is 36.7 Å². The van der Waals surface area contributed by atoms with Gasteiger partial charge in [-0.05, 0) is 37.5 Å². The van der Waals surface area contributed by atoms with Crippen molar-refractivity contribution < 1.29 is 13.2 Å². The molecule has 1 aromatic carbocycles. The van der Waals surface area contributed by atoms with E-state index in [1.54, 1.807) is 0 Å². The molecule has 7 heteroatoms. The number of pyridine rings is 1. The highest BCUT2D eigenvalue weighted by molar-refractivity contribution is 5.76. The summed E-state index contributed by atoms with van der Waals surface area (Å²) in [5.74, 6) is -1.08. The lowest BCUT2D eigenvalue weighted by Gasteiger charge is -2.20. The Bertz CT molecular complexity index is 949. The van der Waals surface area contributed by atoms with Gasteiger partial charge in [0.2, 0.25) is 0 Å². The van der Waals surface area contributed by atoms with Crippen LogP contribution in [0.1, 0.15) is 36.7 Å². The highest BCUT2D eigenvalue weighted by atomic mass is 19.2. The van der Waals surface area contributed by atoms with Crippen molar-refractivity contribution in [3.8, 4) is 0 Å². The maximum absolute atomic E-state index is 12.0. The van der Waals surface area contributed by atoms with Crippen LogP contribution >= 0.6 is 0 Å². The Balaban J connectivity index is 0.000000160. The molecule has 2 aromatic heterocycles. The SMILES string of the molecule is Fc1ccc(F)c(F)c1.N[C@@H]1CCc2nc3cnc(C4CC4)cc3n2C1. The van der Waals surface area contributed by atoms with Gasteiger partial charge in [-0.2, -0.15) is 0 Å². The van der Waals surface area contributed by atoms with E-state index in [-0.39, 0.29) is 6.04 Å². The predicted molar refractivity (Wildman–Crippen MR) is 92.1 cm³/mol. The molecule has 136 valence electrons. The first-order chi connectivity index (χ1) is 12.5. The molecule has 0 saturated heterocycles. The third-order valence-corrected chi connectivity index (χ3v) is 4.77. The number of benzene rings is 1. The van der Waals surface area contributed by atoms with E-state index in [1.807, 2.05) is 6.20 Å². The molecule has 4 nitrogen and oxygen atoms in total. The lowest BCUT2D eigenvalue weighted by molar-refractivity contribution is 0.461. The number of hydrogen-bond acceptors (Lipinski definition) is 3. The molecule has 0 amide bonds. The molecular weight excluding hydrogens is 341 g/mol. The number of halogens is 3. The van der Waals surface area contributed by atoms with E-state index in [4.69, 9.17) is 5.73 Å². The molecule has 1 fully saturated rings. The Morgan fingerprint density at radius 1 is 1.04 bits per heavy atom. The zero-order valence-electron chi connectivity index (χ0n) is 14.1. The summed E-state index contributed by atoms with van der Waals surface area (Å²) >= 11 is 0. The standard InChI is InChI=1S/C13H16N4.C6H3F3/c14-9-3-4-13-16-11-6-15-10(8-1-2-8)5-12(11)17(13)7-9;7-4-1-2-5(8)6(9)3-4/h5-6,8-9H,1-4,7,14H2;1-3H/t9-;/m1./s1. The van der Waals surface area contributed by atoms with Gasteiger partial charge in [0.15, 0.2) is 11.6 Å². The molecule has 1 saturated carbocycles. The van der Waals surface area contributed by atoms with Crippen LogP contribution in [0.25, 0.3) is 11.0 Å². The van der Waals surface area contributed by atoms with Crippen LogP contribution in [0.3, 0.4) is 0 Å². The van der Waals surface area contributed by atoms with Crippen LogP contribution in [0.5, 0.6) is 0 Å². The molecule has 2 aliphatic rings. The van der Waals surface area contributed by atoms with Crippen molar-refractivity contribution in [2.24, 2.45) is 5.73 Å². The fraction of sp³-hybridized carbons (Fsp3) is 0.368. The van der Waals surface area contributed by atoms with Gasteiger partial charge in [-0.1, -0.05) is 0 Å². The third kappa shape index (κ3) is 3.44. The van der Waals surface area contributed by atoms with E-state index in [0.29, 0.717) is 12.0 Å². The van der Waals surface area contributed by atoms with Crippen molar-refractivity contribution in [3.63, 3.8) is 0 Å². The maximum Gasteiger partial charge on any atom is 0.161 e. The van der Waals surface area contributed by atoms with E-state index >= 15 is 0 Å². The van der Waals surface area contributed by atoms with Crippen molar-refractivity contribution >= 4 is 11.0 Å². The number of nitrogens with two attached hydrogens (primary N) is 1. The predicted octanol–water partition coefficient (Wildman–Crippen LogP) is 3.69. The first-order valence-electron chi connectivity index (χ1n) is 8.72. The fourth-order valence-corrected chi connectivity index (χ4v) is 3.20. The average molecular weight is 360 g/mol. The zero-order chi connectivity index (χ0) is 18.3. The molecule has 1 aliphatic carbocycles. The van der Waals surface area contributed by atoms with Gasteiger partial charge in [-0.3, -0.25) is 4.98 Å². The van der Waals surface area contributed by atoms with Crippen molar-refractivity contribution in [2.75, 3.05) is 0 Å². The lowest BCUT2D eigenvalue weighted by atomic mass is 10.1. The molecule has 2 N–H and O–H groups in total. The number of fused-ring (bicyclic) bond motifs is 3. The van der Waals surface area contributed by atoms with E-state index in [2.05, 4.69) is 20.6 Å². The topological polar surface area (TPSA) is 56.7 Å². The highest BCUT2D eigenvalue weighted by Crippen LogP contribution is 2.39. The van der Waals surface area contributed by atoms with Crippen LogP contribution in [-0.2, 0) is 13.0 Å². The summed E-state index contributed by atoms with van der Waals surface area (Å²) in [4.78, 5) is 9.18. The molecule has 1 atom stereocenters. The second kappa shape index (κ2) is 6.72. The average Bonchev–Trinajstić information content (AvgIpc) is 3.41. The molecule has 3 heterocycles. The van der Waals surface area contributed by atoms with Crippen molar-refractivity contribution in [1.29, 1.82) is 0 Å². The van der Waals surface area contributed by atoms with Crippen molar-refractivity contribution in [1.82, 2.24) is 14.5 Å². The molecule has 0 spiro atoms. The van der Waals surface area contributed by atoms with Crippen LogP contribution in [0.2, 0.25) is 0 Å². The van der Waals surface area contributed by atoms with Crippen molar-refractivity contribution in [3.05, 3.63) is 59.4 Å². The van der Waals surface area contributed by atoms with Gasteiger partial charge in [0.1, 0.15) is 17.2 Å². The van der Waals surface area contributed by atoms with E-state index in [0.717, 1.165) is 37.0 Å². The second-order valence-electron chi connectivity index (χ2n) is 6.87. The zero-order valence-corrected chi connectivity index (χ0v) is 14.1. The summed E-state index contributed by atoms with van der Waals surface area (Å²) in [5, 5.41) is 0. The van der Waals surface area contributed by atoms with Gasteiger partial charge >= 0.3 is 0 Å². The fourth-order valence-electron chi connectivity index (χ4n) is 3.20. The highest BCUT2D eigenvalue weighted by Gasteiger charge is 2.26. The Hall–Kier alpha value is -2.41. The Labute approximate surface area is 148 Å². The van der Waals surface area contributed by atoms with Crippen LogP contribution in [0.4, 0.5) is 13.2 Å². The summed E-state index contributed by atoms with van der Waals surface area (Å²) in [6.45, 7) is 0.903. The first-order valence-corrected chi connectivity index (χ1v) is 8.72. The number of hydrogen-bond donors (Lipinski definition) is 1. The van der Waals surface area contributed by atoms with Gasteiger partial charge in [-0.25, -0.2) is 18.2 Å². The lowest BCUT2D eigenvalue weighted by Crippen LogP contribution is -2.31. The Kier molecular flexibility index (Phi) is 4.40. The second-order valence-corrected chi connectivity index (χ2v) is 6.87. The number of aryl methyl sites for hydroxylation is 1. The van der Waals surface area contributed by atoms with Gasteiger partial charge < -0.3 is 10.3 Å². The van der Waals surface area contributed by atoms with Crippen LogP contribution in [0.15, 0.2) is 30.5 Å². The molecule has 1 aliphatic heterocycles. The normalized spacial score (nSPS) is 19.0. The molecule has 5 rings (SSSR count). The van der Waals surface area contributed by atoms with Gasteiger partial charge in [-0.15, -0.1) is 0 Å².